The first-order chi connectivity index (χ1) is 10.6. The van der Waals surface area contributed by atoms with Crippen molar-refractivity contribution in [3.8, 4) is 11.5 Å². The van der Waals surface area contributed by atoms with Gasteiger partial charge in [-0.05, 0) is 25.5 Å². The Balaban J connectivity index is 1.79. The first-order valence-electron chi connectivity index (χ1n) is 7.58. The van der Waals surface area contributed by atoms with E-state index in [2.05, 4.69) is 0 Å². The fraction of sp³-hybridized carbons (Fsp3) is 0.500. The van der Waals surface area contributed by atoms with E-state index in [0.29, 0.717) is 44.2 Å². The molecule has 6 nitrogen and oxygen atoms in total. The predicted molar refractivity (Wildman–Crippen MR) is 81.2 cm³/mol. The molecule has 0 spiro atoms. The van der Waals surface area contributed by atoms with Gasteiger partial charge in [0.25, 0.3) is 0 Å². The van der Waals surface area contributed by atoms with E-state index in [1.54, 1.807) is 16.8 Å². The summed E-state index contributed by atoms with van der Waals surface area (Å²) in [5.41, 5.74) is 0.753. The van der Waals surface area contributed by atoms with Crippen LogP contribution in [0.3, 0.4) is 0 Å². The highest BCUT2D eigenvalue weighted by atomic mass is 16.6. The van der Waals surface area contributed by atoms with Gasteiger partial charge in [0.1, 0.15) is 19.1 Å². The summed E-state index contributed by atoms with van der Waals surface area (Å²) in [5, 5.41) is 0. The average Bonchev–Trinajstić information content (AvgIpc) is 2.94. The van der Waals surface area contributed by atoms with Crippen LogP contribution in [0.5, 0.6) is 11.5 Å². The summed E-state index contributed by atoms with van der Waals surface area (Å²) >= 11 is 0. The topological polar surface area (TPSA) is 59.1 Å². The summed E-state index contributed by atoms with van der Waals surface area (Å²) < 4.78 is 11.0. The van der Waals surface area contributed by atoms with Crippen molar-refractivity contribution < 1.29 is 19.1 Å². The number of benzene rings is 1. The van der Waals surface area contributed by atoms with E-state index in [9.17, 15) is 9.59 Å². The van der Waals surface area contributed by atoms with Gasteiger partial charge in [0, 0.05) is 31.9 Å². The zero-order valence-electron chi connectivity index (χ0n) is 12.9. The van der Waals surface area contributed by atoms with Crippen LogP contribution < -0.4 is 14.4 Å². The third kappa shape index (κ3) is 2.49. The number of carbonyl (C=O) groups excluding carboxylic acids is 2. The van der Waals surface area contributed by atoms with Crippen molar-refractivity contribution >= 4 is 17.5 Å². The monoisotopic (exact) mass is 304 g/mol. The molecule has 0 aliphatic carbocycles. The Morgan fingerprint density at radius 2 is 2.05 bits per heavy atom. The van der Waals surface area contributed by atoms with Gasteiger partial charge in [0.2, 0.25) is 11.8 Å². The molecule has 1 aromatic carbocycles. The molecule has 2 heterocycles. The second-order valence-electron chi connectivity index (χ2n) is 5.51. The molecule has 1 saturated heterocycles. The number of ether oxygens (including phenoxy) is 2. The van der Waals surface area contributed by atoms with Crippen molar-refractivity contribution in [2.75, 3.05) is 38.3 Å². The van der Waals surface area contributed by atoms with Crippen LogP contribution in [-0.2, 0) is 9.59 Å². The van der Waals surface area contributed by atoms with Crippen molar-refractivity contribution in [2.45, 2.75) is 13.3 Å². The normalized spacial score (nSPS) is 20.2. The lowest BCUT2D eigenvalue weighted by molar-refractivity contribution is -0.138. The molecule has 1 fully saturated rings. The summed E-state index contributed by atoms with van der Waals surface area (Å²) in [4.78, 5) is 28.0. The van der Waals surface area contributed by atoms with Gasteiger partial charge in [-0.25, -0.2) is 0 Å². The Hall–Kier alpha value is -2.24. The number of rotatable bonds is 3. The van der Waals surface area contributed by atoms with Crippen LogP contribution in [0, 0.1) is 5.92 Å². The van der Waals surface area contributed by atoms with E-state index >= 15 is 0 Å². The number of anilines is 1. The van der Waals surface area contributed by atoms with Crippen LogP contribution in [0.15, 0.2) is 18.2 Å². The number of fused-ring (bicyclic) bond motifs is 1. The van der Waals surface area contributed by atoms with Crippen LogP contribution in [0.2, 0.25) is 0 Å². The van der Waals surface area contributed by atoms with Gasteiger partial charge in [-0.15, -0.1) is 0 Å². The van der Waals surface area contributed by atoms with Gasteiger partial charge < -0.3 is 19.3 Å². The van der Waals surface area contributed by atoms with Crippen molar-refractivity contribution in [3.05, 3.63) is 18.2 Å². The quantitative estimate of drug-likeness (QED) is 0.790. The first kappa shape index (κ1) is 14.7. The van der Waals surface area contributed by atoms with Crippen LogP contribution in [0.1, 0.15) is 13.3 Å². The second-order valence-corrected chi connectivity index (χ2v) is 5.51. The molecule has 118 valence electrons. The Morgan fingerprint density at radius 3 is 2.77 bits per heavy atom. The summed E-state index contributed by atoms with van der Waals surface area (Å²) in [6.45, 7) is 4.09. The van der Waals surface area contributed by atoms with E-state index in [0.717, 1.165) is 5.69 Å². The second kappa shape index (κ2) is 5.87. The number of hydrogen-bond acceptors (Lipinski definition) is 4. The number of amides is 2. The van der Waals surface area contributed by atoms with Crippen molar-refractivity contribution in [3.63, 3.8) is 0 Å². The van der Waals surface area contributed by atoms with E-state index in [4.69, 9.17) is 9.47 Å². The molecule has 0 bridgehead atoms. The van der Waals surface area contributed by atoms with Gasteiger partial charge in [-0.2, -0.15) is 0 Å². The maximum Gasteiger partial charge on any atom is 0.239 e. The number of nitrogens with zero attached hydrogens (tertiary/aromatic N) is 2. The van der Waals surface area contributed by atoms with Crippen molar-refractivity contribution in [1.29, 1.82) is 0 Å². The Labute approximate surface area is 129 Å². The Kier molecular flexibility index (Phi) is 3.92. The molecule has 2 amide bonds. The predicted octanol–water partition coefficient (Wildman–Crippen LogP) is 1.29. The molecule has 1 aromatic rings. The summed E-state index contributed by atoms with van der Waals surface area (Å²) in [5.74, 6) is 0.532. The van der Waals surface area contributed by atoms with Crippen molar-refractivity contribution in [2.24, 2.45) is 5.92 Å². The third-order valence-electron chi connectivity index (χ3n) is 4.19. The molecule has 2 aliphatic rings. The lowest BCUT2D eigenvalue weighted by atomic mass is 10.1. The minimum atomic E-state index is -0.571. The third-order valence-corrected chi connectivity index (χ3v) is 4.19. The highest BCUT2D eigenvalue weighted by molar-refractivity contribution is 6.09. The fourth-order valence-electron chi connectivity index (χ4n) is 2.79. The fourth-order valence-corrected chi connectivity index (χ4v) is 2.79. The van der Waals surface area contributed by atoms with Crippen molar-refractivity contribution in [1.82, 2.24) is 4.90 Å². The van der Waals surface area contributed by atoms with Gasteiger partial charge in [-0.1, -0.05) is 0 Å². The zero-order valence-corrected chi connectivity index (χ0v) is 12.9. The minimum Gasteiger partial charge on any atom is -0.486 e. The lowest BCUT2D eigenvalue weighted by Gasteiger charge is -2.23. The lowest BCUT2D eigenvalue weighted by Crippen LogP contribution is -2.37. The molecule has 3 rings (SSSR count). The van der Waals surface area contributed by atoms with E-state index in [-0.39, 0.29) is 11.8 Å². The largest absolute Gasteiger partial charge is 0.486 e. The Bertz CT molecular complexity index is 602. The van der Waals surface area contributed by atoms with Gasteiger partial charge in [-0.3, -0.25) is 9.59 Å². The van der Waals surface area contributed by atoms with E-state index in [1.807, 2.05) is 25.1 Å². The maximum absolute atomic E-state index is 12.5. The zero-order chi connectivity index (χ0) is 15.7. The molecule has 0 aromatic heterocycles. The van der Waals surface area contributed by atoms with Gasteiger partial charge in [0.15, 0.2) is 11.5 Å². The molecule has 1 unspecified atom stereocenters. The van der Waals surface area contributed by atoms with Crippen LogP contribution in [0.4, 0.5) is 5.69 Å². The highest BCUT2D eigenvalue weighted by Crippen LogP contribution is 2.36. The standard InChI is InChI=1S/C16H20N2O4/c1-3-17(2)15(19)12-6-7-18(16(12)20)11-4-5-13-14(10-11)22-9-8-21-13/h4-5,10,12H,3,6-9H2,1-2H3. The van der Waals surface area contributed by atoms with Crippen LogP contribution in [-0.4, -0.2) is 50.1 Å². The molecule has 0 radical (unpaired) electrons. The van der Waals surface area contributed by atoms with Gasteiger partial charge in [0.05, 0.1) is 0 Å². The average molecular weight is 304 g/mol. The molecule has 6 heteroatoms. The molecule has 0 saturated carbocycles. The summed E-state index contributed by atoms with van der Waals surface area (Å²) in [6.07, 6.45) is 0.552. The maximum atomic E-state index is 12.5. The van der Waals surface area contributed by atoms with E-state index in [1.165, 1.54) is 0 Å². The molecule has 0 N–H and O–H groups in total. The number of hydrogen-bond donors (Lipinski definition) is 0. The molecule has 2 aliphatic heterocycles. The first-order valence-corrected chi connectivity index (χ1v) is 7.58. The summed E-state index contributed by atoms with van der Waals surface area (Å²) in [6, 6.07) is 5.45. The molecular weight excluding hydrogens is 284 g/mol. The highest BCUT2D eigenvalue weighted by Gasteiger charge is 2.39. The minimum absolute atomic E-state index is 0.104. The Morgan fingerprint density at radius 1 is 1.32 bits per heavy atom. The molecule has 1 atom stereocenters. The van der Waals surface area contributed by atoms with Crippen LogP contribution >= 0.6 is 0 Å². The molecular formula is C16H20N2O4. The van der Waals surface area contributed by atoms with E-state index < -0.39 is 5.92 Å². The SMILES string of the molecule is CCN(C)C(=O)C1CCN(c2ccc3c(c2)OCCO3)C1=O. The smallest absolute Gasteiger partial charge is 0.239 e. The van der Waals surface area contributed by atoms with Crippen LogP contribution in [0.25, 0.3) is 0 Å². The summed E-state index contributed by atoms with van der Waals surface area (Å²) in [7, 11) is 1.72. The molecule has 22 heavy (non-hydrogen) atoms. The van der Waals surface area contributed by atoms with Gasteiger partial charge >= 0.3 is 0 Å². The number of carbonyl (C=O) groups is 2.